The second kappa shape index (κ2) is 9.16. The smallest absolute Gasteiger partial charge is 0.162 e. The van der Waals surface area contributed by atoms with E-state index in [0.29, 0.717) is 12.2 Å². The highest BCUT2D eigenvalue weighted by Crippen LogP contribution is 2.35. The fraction of sp³-hybridized carbons (Fsp3) is 0.480. The maximum absolute atomic E-state index is 12.3. The van der Waals surface area contributed by atoms with E-state index in [1.54, 1.807) is 0 Å². The van der Waals surface area contributed by atoms with Gasteiger partial charge >= 0.3 is 0 Å². The summed E-state index contributed by atoms with van der Waals surface area (Å²) in [5, 5.41) is 0. The van der Waals surface area contributed by atoms with Crippen LogP contribution < -0.4 is 0 Å². The van der Waals surface area contributed by atoms with Crippen molar-refractivity contribution in [2.45, 2.75) is 78.1 Å². The van der Waals surface area contributed by atoms with Crippen LogP contribution in [0.15, 0.2) is 36.4 Å². The molecule has 138 valence electrons. The Bertz CT molecular complexity index is 757. The van der Waals surface area contributed by atoms with Gasteiger partial charge in [0, 0.05) is 12.0 Å². The number of aryl methyl sites for hydroxylation is 3. The van der Waals surface area contributed by atoms with Crippen molar-refractivity contribution in [2.24, 2.45) is 0 Å². The molecule has 2 aromatic rings. The monoisotopic (exact) mass is 348 g/mol. The normalized spacial score (nSPS) is 12.5. The van der Waals surface area contributed by atoms with Crippen LogP contribution in [0.25, 0.3) is 11.1 Å². The highest BCUT2D eigenvalue weighted by Gasteiger charge is 2.18. The van der Waals surface area contributed by atoms with E-state index in [1.165, 1.54) is 59.9 Å². The van der Waals surface area contributed by atoms with Crippen molar-refractivity contribution in [3.63, 3.8) is 0 Å². The van der Waals surface area contributed by atoms with Crippen molar-refractivity contribution in [1.82, 2.24) is 0 Å². The van der Waals surface area contributed by atoms with Crippen LogP contribution in [0, 0.1) is 0 Å². The van der Waals surface area contributed by atoms with Crippen molar-refractivity contribution in [3.05, 3.63) is 58.7 Å². The van der Waals surface area contributed by atoms with Crippen LogP contribution in [0.5, 0.6) is 0 Å². The quantitative estimate of drug-likeness (QED) is 0.354. The molecule has 0 saturated heterocycles. The van der Waals surface area contributed by atoms with Gasteiger partial charge in [0.05, 0.1) is 0 Å². The van der Waals surface area contributed by atoms with Gasteiger partial charge in [-0.15, -0.1) is 0 Å². The number of ketones is 1. The molecule has 3 rings (SSSR count). The first-order valence-electron chi connectivity index (χ1n) is 10.5. The first-order valence-corrected chi connectivity index (χ1v) is 10.5. The zero-order valence-corrected chi connectivity index (χ0v) is 16.4. The number of hydrogen-bond acceptors (Lipinski definition) is 1. The molecule has 0 bridgehead atoms. The van der Waals surface area contributed by atoms with E-state index in [9.17, 15) is 4.79 Å². The Labute approximate surface area is 158 Å². The van der Waals surface area contributed by atoms with Crippen molar-refractivity contribution in [2.75, 3.05) is 0 Å². The van der Waals surface area contributed by atoms with E-state index in [-0.39, 0.29) is 0 Å². The molecule has 0 saturated carbocycles. The lowest BCUT2D eigenvalue weighted by Gasteiger charge is -2.21. The van der Waals surface area contributed by atoms with Gasteiger partial charge in [-0.3, -0.25) is 4.79 Å². The summed E-state index contributed by atoms with van der Waals surface area (Å²) in [7, 11) is 0. The fourth-order valence-electron chi connectivity index (χ4n) is 4.02. The number of Topliss-reactive ketones (excluding diaryl/α,β-unsaturated/α-hetero) is 1. The summed E-state index contributed by atoms with van der Waals surface area (Å²) in [6, 6.07) is 13.4. The topological polar surface area (TPSA) is 17.1 Å². The summed E-state index contributed by atoms with van der Waals surface area (Å²) >= 11 is 0. The van der Waals surface area contributed by atoms with Crippen molar-refractivity contribution >= 4 is 5.78 Å². The van der Waals surface area contributed by atoms with Gasteiger partial charge in [0.25, 0.3) is 0 Å². The maximum atomic E-state index is 12.3. The zero-order chi connectivity index (χ0) is 18.4. The molecular formula is C25H32O. The zero-order valence-electron chi connectivity index (χ0n) is 16.4. The average molecular weight is 349 g/mol. The van der Waals surface area contributed by atoms with E-state index in [1.807, 2.05) is 6.07 Å². The number of hydrogen-bond donors (Lipinski definition) is 0. The molecule has 0 aromatic heterocycles. The molecule has 1 nitrogen and oxygen atoms in total. The number of rotatable bonds is 9. The molecule has 0 fully saturated rings. The second-order valence-electron chi connectivity index (χ2n) is 7.70. The van der Waals surface area contributed by atoms with E-state index in [4.69, 9.17) is 0 Å². The molecule has 0 aliphatic heterocycles. The highest BCUT2D eigenvalue weighted by molar-refractivity contribution is 5.97. The SMILES string of the molecule is CCCCCCc1ccc2c(c1)CCc1cc(C(=O)CCCC)ccc1-2. The first kappa shape index (κ1) is 18.9. The standard InChI is InChI=1S/C25H32O/c1-3-5-7-8-9-19-11-15-23-20(17-19)12-13-21-18-22(14-16-24(21)23)25(26)10-6-4-2/h11,14-18H,3-10,12-13H2,1-2H3. The Hall–Kier alpha value is -1.89. The highest BCUT2D eigenvalue weighted by atomic mass is 16.1. The lowest BCUT2D eigenvalue weighted by molar-refractivity contribution is 0.0979. The van der Waals surface area contributed by atoms with Crippen LogP contribution in [-0.2, 0) is 19.3 Å². The van der Waals surface area contributed by atoms with E-state index < -0.39 is 0 Å². The van der Waals surface area contributed by atoms with Gasteiger partial charge < -0.3 is 0 Å². The third-order valence-corrected chi connectivity index (χ3v) is 5.63. The molecule has 2 aromatic carbocycles. The first-order chi connectivity index (χ1) is 12.7. The van der Waals surface area contributed by atoms with Crippen LogP contribution in [0.3, 0.4) is 0 Å². The number of carbonyl (C=O) groups excluding carboxylic acids is 1. The van der Waals surface area contributed by atoms with Crippen molar-refractivity contribution in [1.29, 1.82) is 0 Å². The van der Waals surface area contributed by atoms with Gasteiger partial charge in [-0.2, -0.15) is 0 Å². The van der Waals surface area contributed by atoms with Crippen LogP contribution in [0.2, 0.25) is 0 Å². The van der Waals surface area contributed by atoms with E-state index in [2.05, 4.69) is 44.2 Å². The molecule has 0 spiro atoms. The Morgan fingerprint density at radius 2 is 1.50 bits per heavy atom. The van der Waals surface area contributed by atoms with Crippen LogP contribution in [0.4, 0.5) is 0 Å². The Balaban J connectivity index is 1.75. The van der Waals surface area contributed by atoms with E-state index >= 15 is 0 Å². The summed E-state index contributed by atoms with van der Waals surface area (Å²) in [6.07, 6.45) is 11.4. The van der Waals surface area contributed by atoms with Gasteiger partial charge in [-0.25, -0.2) is 0 Å². The second-order valence-corrected chi connectivity index (χ2v) is 7.70. The van der Waals surface area contributed by atoms with Crippen molar-refractivity contribution < 1.29 is 4.79 Å². The third kappa shape index (κ3) is 4.44. The predicted octanol–water partition coefficient (Wildman–Crippen LogP) is 6.95. The summed E-state index contributed by atoms with van der Waals surface area (Å²) in [5.74, 6) is 0.294. The molecule has 0 atom stereocenters. The minimum Gasteiger partial charge on any atom is -0.294 e. The van der Waals surface area contributed by atoms with Crippen LogP contribution in [-0.4, -0.2) is 5.78 Å². The van der Waals surface area contributed by atoms with Crippen molar-refractivity contribution in [3.8, 4) is 11.1 Å². The number of carbonyl (C=O) groups is 1. The number of fused-ring (bicyclic) bond motifs is 3. The molecule has 1 aliphatic carbocycles. The molecule has 0 amide bonds. The molecule has 26 heavy (non-hydrogen) atoms. The molecule has 0 heterocycles. The van der Waals surface area contributed by atoms with Gasteiger partial charge in [0.1, 0.15) is 0 Å². The Morgan fingerprint density at radius 3 is 2.23 bits per heavy atom. The van der Waals surface area contributed by atoms with Crippen LogP contribution >= 0.6 is 0 Å². The summed E-state index contributed by atoms with van der Waals surface area (Å²) < 4.78 is 0. The largest absolute Gasteiger partial charge is 0.294 e. The summed E-state index contributed by atoms with van der Waals surface area (Å²) in [4.78, 5) is 12.3. The Kier molecular flexibility index (Phi) is 6.66. The molecule has 0 radical (unpaired) electrons. The lowest BCUT2D eigenvalue weighted by Crippen LogP contribution is -2.07. The maximum Gasteiger partial charge on any atom is 0.162 e. The van der Waals surface area contributed by atoms with Gasteiger partial charge in [0.15, 0.2) is 5.78 Å². The van der Waals surface area contributed by atoms with Gasteiger partial charge in [0.2, 0.25) is 0 Å². The lowest BCUT2D eigenvalue weighted by atomic mass is 9.83. The molecular weight excluding hydrogens is 316 g/mol. The number of unbranched alkanes of at least 4 members (excludes halogenated alkanes) is 4. The van der Waals surface area contributed by atoms with Crippen LogP contribution in [0.1, 0.15) is 85.8 Å². The number of benzene rings is 2. The molecule has 0 unspecified atom stereocenters. The minimum absolute atomic E-state index is 0.294. The molecule has 1 heteroatoms. The van der Waals surface area contributed by atoms with Gasteiger partial charge in [-0.05, 0) is 66.0 Å². The third-order valence-electron chi connectivity index (χ3n) is 5.63. The summed E-state index contributed by atoms with van der Waals surface area (Å²) in [5.41, 5.74) is 7.90. The Morgan fingerprint density at radius 1 is 0.808 bits per heavy atom. The van der Waals surface area contributed by atoms with Gasteiger partial charge in [-0.1, -0.05) is 69.9 Å². The van der Waals surface area contributed by atoms with E-state index in [0.717, 1.165) is 31.2 Å². The molecule has 1 aliphatic rings. The average Bonchev–Trinajstić information content (AvgIpc) is 2.68. The summed E-state index contributed by atoms with van der Waals surface area (Å²) in [6.45, 7) is 4.40. The molecule has 0 N–H and O–H groups in total. The minimum atomic E-state index is 0.294. The predicted molar refractivity (Wildman–Crippen MR) is 111 cm³/mol. The fourth-order valence-corrected chi connectivity index (χ4v) is 4.02.